The number of carbonyl (C=O) groups is 1. The first-order valence-electron chi connectivity index (χ1n) is 5.78. The summed E-state index contributed by atoms with van der Waals surface area (Å²) in [4.78, 5) is 10.6. The van der Waals surface area contributed by atoms with E-state index in [0.717, 1.165) is 24.0 Å². The molecule has 2 heteroatoms. The lowest BCUT2D eigenvalue weighted by Crippen LogP contribution is -2.25. The summed E-state index contributed by atoms with van der Waals surface area (Å²) in [5.74, 6) is 1.24. The largest absolute Gasteiger partial charge is 0.487 e. The quantitative estimate of drug-likeness (QED) is 0.729. The van der Waals surface area contributed by atoms with Gasteiger partial charge in [0, 0.05) is 12.8 Å². The maximum Gasteiger partial charge on any atom is 0.126 e. The lowest BCUT2D eigenvalue weighted by Gasteiger charge is -2.19. The molecule has 2 rings (SSSR count). The topological polar surface area (TPSA) is 26.3 Å². The van der Waals surface area contributed by atoms with E-state index in [1.165, 1.54) is 5.56 Å². The first-order chi connectivity index (χ1) is 7.53. The van der Waals surface area contributed by atoms with Gasteiger partial charge in [0.1, 0.15) is 17.6 Å². The van der Waals surface area contributed by atoms with Crippen molar-refractivity contribution in [2.45, 2.75) is 45.1 Å². The molecule has 0 N–H and O–H groups in total. The van der Waals surface area contributed by atoms with Crippen LogP contribution in [0, 0.1) is 0 Å². The number of fused-ring (bicyclic) bond motifs is 1. The van der Waals surface area contributed by atoms with Gasteiger partial charge in [-0.15, -0.1) is 0 Å². The molecule has 0 fully saturated rings. The Labute approximate surface area is 96.6 Å². The summed E-state index contributed by atoms with van der Waals surface area (Å²) in [6.45, 7) is 6.26. The Morgan fingerprint density at radius 1 is 1.50 bits per heavy atom. The van der Waals surface area contributed by atoms with E-state index in [1.54, 1.807) is 0 Å². The molecule has 1 aliphatic rings. The smallest absolute Gasteiger partial charge is 0.126 e. The molecule has 1 aliphatic heterocycles. The summed E-state index contributed by atoms with van der Waals surface area (Å²) in [6, 6.07) is 6.23. The van der Waals surface area contributed by atoms with E-state index in [9.17, 15) is 4.79 Å². The van der Waals surface area contributed by atoms with Gasteiger partial charge < -0.3 is 9.53 Å². The Balaban J connectivity index is 2.36. The van der Waals surface area contributed by atoms with E-state index in [1.807, 2.05) is 0 Å². The molecule has 1 aromatic rings. The molecule has 0 radical (unpaired) electrons. The molecular weight excluding hydrogens is 200 g/mol. The summed E-state index contributed by atoms with van der Waals surface area (Å²) < 4.78 is 5.98. The lowest BCUT2D eigenvalue weighted by atomic mass is 9.94. The number of para-hydroxylation sites is 1. The Morgan fingerprint density at radius 2 is 2.25 bits per heavy atom. The van der Waals surface area contributed by atoms with E-state index < -0.39 is 0 Å². The molecule has 0 saturated carbocycles. The fourth-order valence-electron chi connectivity index (χ4n) is 2.30. The first kappa shape index (κ1) is 11.2. The molecule has 1 aromatic carbocycles. The second-order valence-electron chi connectivity index (χ2n) is 5.18. The van der Waals surface area contributed by atoms with Crippen molar-refractivity contribution in [3.63, 3.8) is 0 Å². The predicted octanol–water partition coefficient (Wildman–Crippen LogP) is 3.09. The Hall–Kier alpha value is -1.31. The summed E-state index contributed by atoms with van der Waals surface area (Å²) in [7, 11) is 0. The van der Waals surface area contributed by atoms with Crippen LogP contribution in [0.3, 0.4) is 0 Å². The van der Waals surface area contributed by atoms with Crippen LogP contribution >= 0.6 is 0 Å². The van der Waals surface area contributed by atoms with E-state index in [4.69, 9.17) is 4.74 Å². The number of hydrogen-bond donors (Lipinski definition) is 0. The van der Waals surface area contributed by atoms with Crippen LogP contribution in [0.25, 0.3) is 0 Å². The fourth-order valence-corrected chi connectivity index (χ4v) is 2.30. The third-order valence-electron chi connectivity index (χ3n) is 3.10. The maximum atomic E-state index is 10.6. The normalized spacial score (nSPS) is 18.7. The molecule has 1 heterocycles. The minimum absolute atomic E-state index is 0.112. The van der Waals surface area contributed by atoms with Crippen molar-refractivity contribution in [2.24, 2.45) is 0 Å². The number of ether oxygens (including phenoxy) is 1. The van der Waals surface area contributed by atoms with Crippen LogP contribution in [0.4, 0.5) is 0 Å². The number of carbonyl (C=O) groups excluding carboxylic acids is 1. The average Bonchev–Trinajstić information content (AvgIpc) is 2.51. The highest BCUT2D eigenvalue weighted by Gasteiger charge is 2.32. The highest BCUT2D eigenvalue weighted by Crippen LogP contribution is 2.40. The third kappa shape index (κ3) is 1.97. The van der Waals surface area contributed by atoms with E-state index >= 15 is 0 Å². The van der Waals surface area contributed by atoms with E-state index in [0.29, 0.717) is 6.42 Å². The van der Waals surface area contributed by atoms with Crippen LogP contribution in [0.5, 0.6) is 5.75 Å². The van der Waals surface area contributed by atoms with Crippen molar-refractivity contribution in [3.05, 3.63) is 29.3 Å². The van der Waals surface area contributed by atoms with Crippen LogP contribution in [0.1, 0.15) is 44.2 Å². The van der Waals surface area contributed by atoms with Gasteiger partial charge in [0.05, 0.1) is 0 Å². The Bertz CT molecular complexity index is 407. The van der Waals surface area contributed by atoms with Crippen LogP contribution in [-0.4, -0.2) is 11.9 Å². The number of benzene rings is 1. The average molecular weight is 218 g/mol. The Morgan fingerprint density at radius 3 is 2.94 bits per heavy atom. The molecule has 1 unspecified atom stereocenters. The zero-order valence-electron chi connectivity index (χ0n) is 10.1. The highest BCUT2D eigenvalue weighted by molar-refractivity contribution is 5.54. The molecule has 0 aliphatic carbocycles. The van der Waals surface area contributed by atoms with Gasteiger partial charge in [0.2, 0.25) is 0 Å². The number of aldehydes is 1. The highest BCUT2D eigenvalue weighted by atomic mass is 16.5. The zero-order valence-corrected chi connectivity index (χ0v) is 10.1. The number of hydrogen-bond acceptors (Lipinski definition) is 2. The van der Waals surface area contributed by atoms with Crippen LogP contribution in [0.15, 0.2) is 18.2 Å². The van der Waals surface area contributed by atoms with Gasteiger partial charge in [-0.3, -0.25) is 0 Å². The van der Waals surface area contributed by atoms with Crippen molar-refractivity contribution in [1.82, 2.24) is 0 Å². The van der Waals surface area contributed by atoms with Crippen molar-refractivity contribution in [2.75, 3.05) is 0 Å². The predicted molar refractivity (Wildman–Crippen MR) is 63.9 cm³/mol. The molecule has 0 amide bonds. The SMILES string of the molecule is CC(CC=O)c1cccc2c1OC(C)(C)C2. The van der Waals surface area contributed by atoms with Crippen LogP contribution < -0.4 is 4.74 Å². The number of rotatable bonds is 3. The fraction of sp³-hybridized carbons (Fsp3) is 0.500. The van der Waals surface area contributed by atoms with Gasteiger partial charge >= 0.3 is 0 Å². The lowest BCUT2D eigenvalue weighted by molar-refractivity contribution is -0.108. The third-order valence-corrected chi connectivity index (χ3v) is 3.10. The molecule has 86 valence electrons. The van der Waals surface area contributed by atoms with Gasteiger partial charge in [0.25, 0.3) is 0 Å². The summed E-state index contributed by atoms with van der Waals surface area (Å²) >= 11 is 0. The Kier molecular flexibility index (Phi) is 2.75. The molecular formula is C14H18O2. The monoisotopic (exact) mass is 218 g/mol. The molecule has 2 nitrogen and oxygen atoms in total. The van der Waals surface area contributed by atoms with Crippen molar-refractivity contribution < 1.29 is 9.53 Å². The minimum Gasteiger partial charge on any atom is -0.487 e. The molecule has 0 saturated heterocycles. The maximum absolute atomic E-state index is 10.6. The second-order valence-corrected chi connectivity index (χ2v) is 5.18. The van der Waals surface area contributed by atoms with Gasteiger partial charge in [0.15, 0.2) is 0 Å². The summed E-state index contributed by atoms with van der Waals surface area (Å²) in [5.41, 5.74) is 2.31. The van der Waals surface area contributed by atoms with Crippen LogP contribution in [-0.2, 0) is 11.2 Å². The molecule has 16 heavy (non-hydrogen) atoms. The van der Waals surface area contributed by atoms with Crippen molar-refractivity contribution in [1.29, 1.82) is 0 Å². The van der Waals surface area contributed by atoms with E-state index in [2.05, 4.69) is 39.0 Å². The van der Waals surface area contributed by atoms with Crippen molar-refractivity contribution >= 4 is 6.29 Å². The molecule has 0 spiro atoms. The van der Waals surface area contributed by atoms with Crippen LogP contribution in [0.2, 0.25) is 0 Å². The molecule has 0 bridgehead atoms. The molecule has 0 aromatic heterocycles. The second kappa shape index (κ2) is 3.93. The van der Waals surface area contributed by atoms with E-state index in [-0.39, 0.29) is 11.5 Å². The van der Waals surface area contributed by atoms with Gasteiger partial charge in [-0.1, -0.05) is 25.1 Å². The van der Waals surface area contributed by atoms with Gasteiger partial charge in [-0.2, -0.15) is 0 Å². The van der Waals surface area contributed by atoms with Gasteiger partial charge in [-0.05, 0) is 30.9 Å². The minimum atomic E-state index is -0.112. The molecule has 1 atom stereocenters. The summed E-state index contributed by atoms with van der Waals surface area (Å²) in [5, 5.41) is 0. The summed E-state index contributed by atoms with van der Waals surface area (Å²) in [6.07, 6.45) is 2.48. The van der Waals surface area contributed by atoms with Crippen molar-refractivity contribution in [3.8, 4) is 5.75 Å². The van der Waals surface area contributed by atoms with Gasteiger partial charge in [-0.25, -0.2) is 0 Å². The standard InChI is InChI=1S/C14H18O2/c1-10(7-8-15)12-6-4-5-11-9-14(2,3)16-13(11)12/h4-6,8,10H,7,9H2,1-3H3. The first-order valence-corrected chi connectivity index (χ1v) is 5.78. The zero-order chi connectivity index (χ0) is 11.8.